The molecule has 0 N–H and O–H groups in total. The zero-order valence-corrected chi connectivity index (χ0v) is 12.9. The van der Waals surface area contributed by atoms with Crippen molar-refractivity contribution in [3.05, 3.63) is 12.8 Å². The molecule has 20 heavy (non-hydrogen) atoms. The SMILES string of the molecule is C=COS(=O)(=O)OCCCCCCCCCCCC.[NaH]. The van der Waals surface area contributed by atoms with Crippen LogP contribution in [0.3, 0.4) is 0 Å². The summed E-state index contributed by atoms with van der Waals surface area (Å²) in [5, 5.41) is 0. The van der Waals surface area contributed by atoms with Crippen LogP contribution in [0.2, 0.25) is 0 Å². The quantitative estimate of drug-likeness (QED) is 0.279. The van der Waals surface area contributed by atoms with Crippen molar-refractivity contribution in [2.24, 2.45) is 0 Å². The minimum atomic E-state index is -3.86. The van der Waals surface area contributed by atoms with Crippen LogP contribution in [-0.4, -0.2) is 44.6 Å². The summed E-state index contributed by atoms with van der Waals surface area (Å²) >= 11 is 0. The second-order valence-corrected chi connectivity index (χ2v) is 5.92. The molecule has 0 aliphatic heterocycles. The van der Waals surface area contributed by atoms with Crippen molar-refractivity contribution >= 4 is 40.0 Å². The maximum absolute atomic E-state index is 11.0. The molecule has 0 aromatic carbocycles. The van der Waals surface area contributed by atoms with E-state index in [4.69, 9.17) is 0 Å². The number of hydrogen-bond donors (Lipinski definition) is 0. The molecule has 0 radical (unpaired) electrons. The summed E-state index contributed by atoms with van der Waals surface area (Å²) in [5.41, 5.74) is 0. The summed E-state index contributed by atoms with van der Waals surface area (Å²) in [6.07, 6.45) is 12.9. The average Bonchev–Trinajstić information content (AvgIpc) is 2.36. The maximum atomic E-state index is 11.0. The monoisotopic (exact) mass is 316 g/mol. The molecule has 0 rings (SSSR count). The Kier molecular flexibility index (Phi) is 18.0. The van der Waals surface area contributed by atoms with Crippen LogP contribution < -0.4 is 0 Å². The zero-order valence-electron chi connectivity index (χ0n) is 12.1. The summed E-state index contributed by atoms with van der Waals surface area (Å²) in [6, 6.07) is 0. The Morgan fingerprint density at radius 1 is 0.900 bits per heavy atom. The first kappa shape index (κ1) is 22.7. The standard InChI is InChI=1S/C14H28O4S.Na.H/c1-3-5-6-7-8-9-10-11-12-13-14-18-19(15,16)17-4-2;;/h4H,2-3,5-14H2,1H3;;. The van der Waals surface area contributed by atoms with Gasteiger partial charge in [-0.05, 0) is 6.42 Å². The Balaban J connectivity index is 0. The van der Waals surface area contributed by atoms with E-state index in [2.05, 4.69) is 21.9 Å². The summed E-state index contributed by atoms with van der Waals surface area (Å²) in [4.78, 5) is 0. The van der Waals surface area contributed by atoms with Gasteiger partial charge in [-0.2, -0.15) is 8.42 Å². The Morgan fingerprint density at radius 3 is 1.80 bits per heavy atom. The van der Waals surface area contributed by atoms with Gasteiger partial charge in [0.05, 0.1) is 6.61 Å². The van der Waals surface area contributed by atoms with Crippen molar-refractivity contribution < 1.29 is 16.8 Å². The molecule has 6 heteroatoms. The molecule has 0 unspecified atom stereocenters. The van der Waals surface area contributed by atoms with Crippen molar-refractivity contribution in [3.63, 3.8) is 0 Å². The predicted octanol–water partition coefficient (Wildman–Crippen LogP) is 3.68. The van der Waals surface area contributed by atoms with Crippen molar-refractivity contribution in [2.45, 2.75) is 71.1 Å². The van der Waals surface area contributed by atoms with Gasteiger partial charge < -0.3 is 4.18 Å². The molecule has 0 atom stereocenters. The molecule has 0 aliphatic carbocycles. The Hall–Kier alpha value is 0.450. The molecule has 0 amide bonds. The van der Waals surface area contributed by atoms with Gasteiger partial charge in [0.2, 0.25) is 0 Å². The van der Waals surface area contributed by atoms with Crippen LogP contribution in [0, 0.1) is 0 Å². The molecule has 0 aliphatic rings. The molecule has 0 aromatic rings. The van der Waals surface area contributed by atoms with Gasteiger partial charge in [-0.15, -0.1) is 0 Å². The molecule has 0 bridgehead atoms. The van der Waals surface area contributed by atoms with E-state index >= 15 is 0 Å². The molecule has 4 nitrogen and oxygen atoms in total. The zero-order chi connectivity index (χ0) is 14.4. The van der Waals surface area contributed by atoms with Crippen molar-refractivity contribution in [3.8, 4) is 0 Å². The predicted molar refractivity (Wildman–Crippen MR) is 85.1 cm³/mol. The summed E-state index contributed by atoms with van der Waals surface area (Å²) in [5.74, 6) is 0. The second kappa shape index (κ2) is 15.8. The molecular formula is C14H29NaO4S. The van der Waals surface area contributed by atoms with Crippen LogP contribution in [0.15, 0.2) is 12.8 Å². The summed E-state index contributed by atoms with van der Waals surface area (Å²) < 4.78 is 30.8. The van der Waals surface area contributed by atoms with Crippen LogP contribution in [-0.2, 0) is 18.8 Å². The van der Waals surface area contributed by atoms with E-state index in [0.717, 1.165) is 25.5 Å². The second-order valence-electron chi connectivity index (χ2n) is 4.68. The minimum absolute atomic E-state index is 0. The number of unbranched alkanes of at least 4 members (excludes halogenated alkanes) is 9. The van der Waals surface area contributed by atoms with Gasteiger partial charge in [-0.3, -0.25) is 0 Å². The third-order valence-electron chi connectivity index (χ3n) is 2.91. The van der Waals surface area contributed by atoms with E-state index in [1.165, 1.54) is 44.9 Å². The van der Waals surface area contributed by atoms with Crippen molar-refractivity contribution in [1.82, 2.24) is 0 Å². The molecule has 0 spiro atoms. The van der Waals surface area contributed by atoms with Gasteiger partial charge in [0.15, 0.2) is 0 Å². The van der Waals surface area contributed by atoms with Crippen LogP contribution in [0.25, 0.3) is 0 Å². The average molecular weight is 316 g/mol. The van der Waals surface area contributed by atoms with E-state index in [1.54, 1.807) is 0 Å². The third-order valence-corrected chi connectivity index (χ3v) is 3.74. The fourth-order valence-electron chi connectivity index (χ4n) is 1.86. The van der Waals surface area contributed by atoms with Gasteiger partial charge in [0.1, 0.15) is 6.26 Å². The molecule has 116 valence electrons. The first-order valence-electron chi connectivity index (χ1n) is 7.31. The molecular weight excluding hydrogens is 287 g/mol. The normalized spacial score (nSPS) is 10.8. The van der Waals surface area contributed by atoms with Crippen LogP contribution >= 0.6 is 0 Å². The van der Waals surface area contributed by atoms with Gasteiger partial charge in [-0.1, -0.05) is 71.3 Å². The van der Waals surface area contributed by atoms with E-state index < -0.39 is 10.4 Å². The first-order valence-corrected chi connectivity index (χ1v) is 8.64. The van der Waals surface area contributed by atoms with E-state index in [-0.39, 0.29) is 36.2 Å². The third kappa shape index (κ3) is 16.5. The van der Waals surface area contributed by atoms with Crippen LogP contribution in [0.5, 0.6) is 0 Å². The first-order chi connectivity index (χ1) is 9.12. The van der Waals surface area contributed by atoms with Gasteiger partial charge in [0, 0.05) is 0 Å². The van der Waals surface area contributed by atoms with Crippen molar-refractivity contribution in [1.29, 1.82) is 0 Å². The number of hydrogen-bond acceptors (Lipinski definition) is 4. The molecule has 0 saturated heterocycles. The Bertz CT molecular complexity index is 304. The van der Waals surface area contributed by atoms with E-state index in [9.17, 15) is 8.42 Å². The Morgan fingerprint density at radius 2 is 1.35 bits per heavy atom. The fraction of sp³-hybridized carbons (Fsp3) is 0.857. The summed E-state index contributed by atoms with van der Waals surface area (Å²) in [6.45, 7) is 5.58. The number of rotatable bonds is 14. The van der Waals surface area contributed by atoms with Gasteiger partial charge in [0.25, 0.3) is 0 Å². The summed E-state index contributed by atoms with van der Waals surface area (Å²) in [7, 11) is -3.86. The van der Waals surface area contributed by atoms with Crippen LogP contribution in [0.1, 0.15) is 71.1 Å². The topological polar surface area (TPSA) is 52.6 Å². The van der Waals surface area contributed by atoms with Gasteiger partial charge in [-0.25, -0.2) is 4.18 Å². The van der Waals surface area contributed by atoms with Crippen LogP contribution in [0.4, 0.5) is 0 Å². The van der Waals surface area contributed by atoms with Crippen molar-refractivity contribution in [2.75, 3.05) is 6.61 Å². The molecule has 0 saturated carbocycles. The molecule has 0 fully saturated rings. The fourth-order valence-corrected chi connectivity index (χ4v) is 2.41. The Labute approximate surface area is 146 Å². The van der Waals surface area contributed by atoms with E-state index in [1.807, 2.05) is 0 Å². The molecule has 0 aromatic heterocycles. The van der Waals surface area contributed by atoms with E-state index in [0.29, 0.717) is 0 Å². The molecule has 0 heterocycles. The van der Waals surface area contributed by atoms with Gasteiger partial charge >= 0.3 is 40.0 Å².